The zero-order valence-electron chi connectivity index (χ0n) is 8.21. The van der Waals surface area contributed by atoms with Gasteiger partial charge in [-0.05, 0) is 19.1 Å². The lowest BCUT2D eigenvalue weighted by Crippen LogP contribution is -2.22. The Hall–Kier alpha value is -1.73. The van der Waals surface area contributed by atoms with Crippen LogP contribution in [0.2, 0.25) is 0 Å². The van der Waals surface area contributed by atoms with Crippen molar-refractivity contribution in [2.75, 3.05) is 0 Å². The fourth-order valence-electron chi connectivity index (χ4n) is 1.34. The standard InChI is InChI=1S/C11H9N3S/c1-11(8-12,10-14-6-7-15-10)9-4-2-3-5-13-9/h2-7H,1H3. The first-order valence-corrected chi connectivity index (χ1v) is 5.38. The largest absolute Gasteiger partial charge is 0.259 e. The van der Waals surface area contributed by atoms with Crippen molar-refractivity contribution < 1.29 is 0 Å². The van der Waals surface area contributed by atoms with E-state index in [-0.39, 0.29) is 0 Å². The molecule has 0 fully saturated rings. The molecule has 74 valence electrons. The third kappa shape index (κ3) is 1.62. The van der Waals surface area contributed by atoms with E-state index >= 15 is 0 Å². The van der Waals surface area contributed by atoms with Gasteiger partial charge in [0, 0.05) is 17.8 Å². The number of hydrogen-bond donors (Lipinski definition) is 0. The average molecular weight is 215 g/mol. The van der Waals surface area contributed by atoms with Gasteiger partial charge in [-0.25, -0.2) is 4.98 Å². The molecule has 4 heteroatoms. The van der Waals surface area contributed by atoms with Crippen molar-refractivity contribution >= 4 is 11.3 Å². The summed E-state index contributed by atoms with van der Waals surface area (Å²) in [5.41, 5.74) is -0.00227. The summed E-state index contributed by atoms with van der Waals surface area (Å²) in [6.07, 6.45) is 3.40. The van der Waals surface area contributed by atoms with Crippen LogP contribution in [-0.2, 0) is 5.41 Å². The molecule has 2 aromatic heterocycles. The summed E-state index contributed by atoms with van der Waals surface area (Å²) in [5.74, 6) is 0. The predicted molar refractivity (Wildman–Crippen MR) is 58.4 cm³/mol. The second-order valence-electron chi connectivity index (χ2n) is 3.29. The van der Waals surface area contributed by atoms with Crippen LogP contribution < -0.4 is 0 Å². The summed E-state index contributed by atoms with van der Waals surface area (Å²) < 4.78 is 0. The number of rotatable bonds is 2. The van der Waals surface area contributed by atoms with E-state index in [9.17, 15) is 5.26 Å². The van der Waals surface area contributed by atoms with E-state index in [1.165, 1.54) is 11.3 Å². The van der Waals surface area contributed by atoms with Crippen molar-refractivity contribution in [3.63, 3.8) is 0 Å². The first kappa shape index (κ1) is 9.81. The molecule has 2 aromatic rings. The Labute approximate surface area is 92.1 Å². The zero-order chi connectivity index (χ0) is 10.7. The highest BCUT2D eigenvalue weighted by Gasteiger charge is 2.32. The highest BCUT2D eigenvalue weighted by molar-refractivity contribution is 7.09. The topological polar surface area (TPSA) is 49.6 Å². The van der Waals surface area contributed by atoms with Gasteiger partial charge in [0.25, 0.3) is 0 Å². The van der Waals surface area contributed by atoms with E-state index in [2.05, 4.69) is 16.0 Å². The molecule has 0 radical (unpaired) electrons. The highest BCUT2D eigenvalue weighted by Crippen LogP contribution is 2.30. The fraction of sp³-hybridized carbons (Fsp3) is 0.182. The van der Waals surface area contributed by atoms with Gasteiger partial charge in [0.15, 0.2) is 0 Å². The number of nitriles is 1. The highest BCUT2D eigenvalue weighted by atomic mass is 32.1. The van der Waals surface area contributed by atoms with E-state index < -0.39 is 5.41 Å². The van der Waals surface area contributed by atoms with Crippen molar-refractivity contribution in [2.24, 2.45) is 0 Å². The molecule has 1 unspecified atom stereocenters. The van der Waals surface area contributed by atoms with Gasteiger partial charge in [0.2, 0.25) is 0 Å². The number of nitrogens with zero attached hydrogens (tertiary/aromatic N) is 3. The van der Waals surface area contributed by atoms with Gasteiger partial charge in [-0.3, -0.25) is 4.98 Å². The van der Waals surface area contributed by atoms with Crippen LogP contribution in [-0.4, -0.2) is 9.97 Å². The molecule has 0 spiro atoms. The van der Waals surface area contributed by atoms with Crippen LogP contribution >= 0.6 is 11.3 Å². The van der Waals surface area contributed by atoms with Gasteiger partial charge in [0.05, 0.1) is 11.8 Å². The van der Waals surface area contributed by atoms with Gasteiger partial charge in [-0.1, -0.05) is 6.07 Å². The van der Waals surface area contributed by atoms with Gasteiger partial charge in [-0.15, -0.1) is 11.3 Å². The molecule has 15 heavy (non-hydrogen) atoms. The molecule has 2 heterocycles. The van der Waals surface area contributed by atoms with Crippen molar-refractivity contribution in [2.45, 2.75) is 12.3 Å². The molecular formula is C11H9N3S. The maximum atomic E-state index is 9.29. The van der Waals surface area contributed by atoms with Crippen LogP contribution in [0.3, 0.4) is 0 Å². The lowest BCUT2D eigenvalue weighted by atomic mass is 9.89. The van der Waals surface area contributed by atoms with Crippen LogP contribution in [0, 0.1) is 11.3 Å². The second-order valence-corrected chi connectivity index (χ2v) is 4.18. The zero-order valence-corrected chi connectivity index (χ0v) is 9.03. The first-order chi connectivity index (χ1) is 7.27. The number of hydrogen-bond acceptors (Lipinski definition) is 4. The van der Waals surface area contributed by atoms with Crippen LogP contribution in [0.25, 0.3) is 0 Å². The summed E-state index contributed by atoms with van der Waals surface area (Å²) in [4.78, 5) is 8.41. The molecule has 0 aliphatic rings. The molecule has 0 bridgehead atoms. The Kier molecular flexibility index (Phi) is 2.48. The molecule has 0 aliphatic carbocycles. The lowest BCUT2D eigenvalue weighted by molar-refractivity contribution is 0.702. The van der Waals surface area contributed by atoms with Crippen molar-refractivity contribution in [3.05, 3.63) is 46.7 Å². The van der Waals surface area contributed by atoms with Crippen LogP contribution in [0.5, 0.6) is 0 Å². The molecule has 1 atom stereocenters. The molecule has 0 N–H and O–H groups in total. The minimum atomic E-state index is -0.741. The normalized spacial score (nSPS) is 14.1. The molecular weight excluding hydrogens is 206 g/mol. The summed E-state index contributed by atoms with van der Waals surface area (Å²) in [7, 11) is 0. The van der Waals surface area contributed by atoms with E-state index in [1.54, 1.807) is 12.4 Å². The maximum Gasteiger partial charge on any atom is 0.148 e. The van der Waals surface area contributed by atoms with E-state index in [1.807, 2.05) is 30.5 Å². The summed E-state index contributed by atoms with van der Waals surface area (Å²) in [5, 5.41) is 11.9. The molecule has 0 aromatic carbocycles. The molecule has 0 saturated heterocycles. The Bertz CT molecular complexity index is 472. The Morgan fingerprint density at radius 1 is 1.33 bits per heavy atom. The van der Waals surface area contributed by atoms with Gasteiger partial charge >= 0.3 is 0 Å². The minimum Gasteiger partial charge on any atom is -0.259 e. The Morgan fingerprint density at radius 3 is 2.73 bits per heavy atom. The van der Waals surface area contributed by atoms with Gasteiger partial charge < -0.3 is 0 Å². The molecule has 0 aliphatic heterocycles. The predicted octanol–water partition coefficient (Wildman–Crippen LogP) is 2.37. The minimum absolute atomic E-state index is 0.738. The van der Waals surface area contributed by atoms with E-state index in [4.69, 9.17) is 0 Å². The number of thiazole rings is 1. The van der Waals surface area contributed by atoms with Crippen molar-refractivity contribution in [1.29, 1.82) is 5.26 Å². The van der Waals surface area contributed by atoms with Crippen LogP contribution in [0.4, 0.5) is 0 Å². The molecule has 2 rings (SSSR count). The van der Waals surface area contributed by atoms with Crippen LogP contribution in [0.15, 0.2) is 36.0 Å². The molecule has 3 nitrogen and oxygen atoms in total. The third-order valence-electron chi connectivity index (χ3n) is 2.26. The van der Waals surface area contributed by atoms with Crippen molar-refractivity contribution in [1.82, 2.24) is 9.97 Å². The first-order valence-electron chi connectivity index (χ1n) is 4.50. The maximum absolute atomic E-state index is 9.29. The fourth-order valence-corrected chi connectivity index (χ4v) is 2.10. The Balaban J connectivity index is 2.53. The monoisotopic (exact) mass is 215 g/mol. The Morgan fingerprint density at radius 2 is 2.20 bits per heavy atom. The van der Waals surface area contributed by atoms with Gasteiger partial charge in [0.1, 0.15) is 10.4 Å². The number of pyridine rings is 1. The van der Waals surface area contributed by atoms with Crippen molar-refractivity contribution in [3.8, 4) is 6.07 Å². The second kappa shape index (κ2) is 3.79. The van der Waals surface area contributed by atoms with E-state index in [0.29, 0.717) is 0 Å². The summed E-state index contributed by atoms with van der Waals surface area (Å²) in [6, 6.07) is 7.85. The third-order valence-corrected chi connectivity index (χ3v) is 3.26. The van der Waals surface area contributed by atoms with Gasteiger partial charge in [-0.2, -0.15) is 5.26 Å². The summed E-state index contributed by atoms with van der Waals surface area (Å²) in [6.45, 7) is 1.84. The average Bonchev–Trinajstić information content (AvgIpc) is 2.83. The number of aromatic nitrogens is 2. The molecule has 0 amide bonds. The SMILES string of the molecule is CC(C#N)(c1ccccn1)c1nccs1. The summed E-state index contributed by atoms with van der Waals surface area (Å²) >= 11 is 1.48. The van der Waals surface area contributed by atoms with Crippen LogP contribution in [0.1, 0.15) is 17.6 Å². The van der Waals surface area contributed by atoms with E-state index in [0.717, 1.165) is 10.7 Å². The molecule has 0 saturated carbocycles. The quantitative estimate of drug-likeness (QED) is 0.772. The smallest absolute Gasteiger partial charge is 0.148 e. The lowest BCUT2D eigenvalue weighted by Gasteiger charge is -2.17.